The Kier molecular flexibility index (Phi) is 6.26. The molecule has 3 rings (SSSR count). The van der Waals surface area contributed by atoms with Gasteiger partial charge >= 0.3 is 12.1 Å². The van der Waals surface area contributed by atoms with Gasteiger partial charge in [-0.05, 0) is 5.57 Å². The summed E-state index contributed by atoms with van der Waals surface area (Å²) < 4.78 is 37.4. The number of carboxylic acids is 1. The summed E-state index contributed by atoms with van der Waals surface area (Å²) in [6.45, 7) is 0. The smallest absolute Gasteiger partial charge is 0.409 e. The number of alkyl halides is 3. The van der Waals surface area contributed by atoms with Crippen molar-refractivity contribution in [3.8, 4) is 0 Å². The number of hydrogen-bond acceptors (Lipinski definition) is 9. The van der Waals surface area contributed by atoms with E-state index >= 15 is 0 Å². The molecule has 166 valence electrons. The molecule has 0 aromatic carbocycles. The number of nitrogens with zero attached hydrogens (tertiary/aromatic N) is 3. The number of nitrogens with two attached hydrogens (primary N) is 1. The van der Waals surface area contributed by atoms with Crippen molar-refractivity contribution in [1.82, 2.24) is 15.2 Å². The molecule has 1 fully saturated rings. The number of fused-ring (bicyclic) bond motifs is 1. The van der Waals surface area contributed by atoms with Crippen LogP contribution in [0.2, 0.25) is 0 Å². The van der Waals surface area contributed by atoms with Crippen LogP contribution in [0.5, 0.6) is 0 Å². The van der Waals surface area contributed by atoms with Gasteiger partial charge in [-0.3, -0.25) is 14.5 Å². The first-order valence-corrected chi connectivity index (χ1v) is 10.3. The summed E-state index contributed by atoms with van der Waals surface area (Å²) in [5.74, 6) is -3.24. The molecule has 0 saturated carbocycles. The summed E-state index contributed by atoms with van der Waals surface area (Å²) in [6, 6.07) is -1.11. The highest BCUT2D eigenvalue weighted by Crippen LogP contribution is 2.41. The quantitative estimate of drug-likeness (QED) is 0.312. The number of aromatic nitrogens is 1. The lowest BCUT2D eigenvalue weighted by molar-refractivity contribution is -0.150. The number of anilines is 1. The molecule has 2 aliphatic heterocycles. The number of hydrogen-bond donors (Lipinski definition) is 3. The van der Waals surface area contributed by atoms with E-state index in [1.807, 2.05) is 0 Å². The molecular weight excluding hydrogens is 463 g/mol. The molecule has 10 nitrogen and oxygen atoms in total. The van der Waals surface area contributed by atoms with Gasteiger partial charge in [-0.25, -0.2) is 9.78 Å². The van der Waals surface area contributed by atoms with Gasteiger partial charge in [-0.2, -0.15) is 13.2 Å². The van der Waals surface area contributed by atoms with Crippen molar-refractivity contribution in [1.29, 1.82) is 0 Å². The third-order valence-corrected chi connectivity index (χ3v) is 6.10. The number of nitrogen functional groups attached to an aromatic ring is 1. The van der Waals surface area contributed by atoms with E-state index in [1.165, 1.54) is 12.5 Å². The molecule has 1 unspecified atom stereocenters. The Bertz CT molecular complexity index is 1020. The summed E-state index contributed by atoms with van der Waals surface area (Å²) in [7, 11) is 1.20. The van der Waals surface area contributed by atoms with Gasteiger partial charge in [0.15, 0.2) is 10.8 Å². The van der Waals surface area contributed by atoms with E-state index in [2.05, 4.69) is 20.3 Å². The minimum atomic E-state index is -4.64. The van der Waals surface area contributed by atoms with Gasteiger partial charge in [-0.15, -0.1) is 23.1 Å². The predicted molar refractivity (Wildman–Crippen MR) is 105 cm³/mol. The van der Waals surface area contributed by atoms with Crippen LogP contribution in [0.15, 0.2) is 34.0 Å². The van der Waals surface area contributed by atoms with Crippen LogP contribution in [0.4, 0.5) is 18.3 Å². The molecule has 15 heteroatoms. The summed E-state index contributed by atoms with van der Waals surface area (Å²) >= 11 is 2.07. The molecule has 2 atom stereocenters. The van der Waals surface area contributed by atoms with Crippen molar-refractivity contribution >= 4 is 51.7 Å². The van der Waals surface area contributed by atoms with Crippen molar-refractivity contribution in [3.63, 3.8) is 0 Å². The van der Waals surface area contributed by atoms with E-state index in [0.29, 0.717) is 6.08 Å². The van der Waals surface area contributed by atoms with E-state index in [0.717, 1.165) is 28.0 Å². The van der Waals surface area contributed by atoms with Crippen molar-refractivity contribution < 1.29 is 37.5 Å². The number of halogens is 3. The minimum Gasteiger partial charge on any atom is -0.477 e. The highest BCUT2D eigenvalue weighted by molar-refractivity contribution is 8.00. The van der Waals surface area contributed by atoms with Crippen LogP contribution in [0.25, 0.3) is 0 Å². The number of carbonyl (C=O) groups excluding carboxylic acids is 2. The van der Waals surface area contributed by atoms with Gasteiger partial charge in [0.2, 0.25) is 0 Å². The second-order valence-electron chi connectivity index (χ2n) is 6.11. The number of thiazole rings is 1. The molecule has 2 aliphatic rings. The summed E-state index contributed by atoms with van der Waals surface area (Å²) in [5.41, 5.74) is 4.70. The fourth-order valence-electron chi connectivity index (χ4n) is 2.87. The molecular formula is C16H14F3N5O5S2. The molecule has 3 heterocycles. The van der Waals surface area contributed by atoms with Crippen LogP contribution in [0.3, 0.4) is 0 Å². The van der Waals surface area contributed by atoms with Crippen LogP contribution in [-0.4, -0.2) is 68.9 Å². The van der Waals surface area contributed by atoms with E-state index in [-0.39, 0.29) is 33.9 Å². The first-order chi connectivity index (χ1) is 14.5. The van der Waals surface area contributed by atoms with Gasteiger partial charge in [0.1, 0.15) is 29.9 Å². The lowest BCUT2D eigenvalue weighted by atomic mass is 10.0. The first-order valence-electron chi connectivity index (χ1n) is 8.34. The molecule has 31 heavy (non-hydrogen) atoms. The third-order valence-electron chi connectivity index (χ3n) is 4.12. The molecule has 0 spiro atoms. The van der Waals surface area contributed by atoms with Crippen LogP contribution >= 0.6 is 23.1 Å². The van der Waals surface area contributed by atoms with Gasteiger partial charge < -0.3 is 21.0 Å². The van der Waals surface area contributed by atoms with E-state index in [4.69, 9.17) is 5.73 Å². The molecule has 0 aliphatic carbocycles. The molecule has 1 saturated heterocycles. The monoisotopic (exact) mass is 477 g/mol. The van der Waals surface area contributed by atoms with Crippen LogP contribution in [0.1, 0.15) is 5.69 Å². The molecule has 0 bridgehead atoms. The average Bonchev–Trinajstić information content (AvgIpc) is 3.12. The number of carboxylic acid groups (broad SMARTS) is 1. The SMILES string of the molecule is CO/N=C(/C(=O)NC1C(=O)N2C(C(=O)O)=C(/C=C/C(F)(F)F)CS[C@H]12)c1csc(N)n1. The van der Waals surface area contributed by atoms with Crippen molar-refractivity contribution in [2.24, 2.45) is 5.16 Å². The van der Waals surface area contributed by atoms with Crippen LogP contribution < -0.4 is 11.1 Å². The number of rotatable bonds is 6. The number of nitrogens with one attached hydrogen (secondary N) is 1. The normalized spacial score (nSPS) is 21.7. The second-order valence-corrected chi connectivity index (χ2v) is 8.10. The minimum absolute atomic E-state index is 0.0945. The maximum absolute atomic E-state index is 12.6. The Hall–Kier alpha value is -3.07. The van der Waals surface area contributed by atoms with Crippen LogP contribution in [0, 0.1) is 0 Å². The van der Waals surface area contributed by atoms with Crippen molar-refractivity contribution in [2.75, 3.05) is 18.6 Å². The Labute approximate surface area is 180 Å². The Morgan fingerprint density at radius 1 is 1.48 bits per heavy atom. The largest absolute Gasteiger partial charge is 0.477 e. The third kappa shape index (κ3) is 4.66. The Balaban J connectivity index is 1.81. The zero-order chi connectivity index (χ0) is 22.9. The number of β-lactam (4-membered cyclic amide) rings is 1. The van der Waals surface area contributed by atoms with Gasteiger partial charge in [0.05, 0.1) is 0 Å². The summed E-state index contributed by atoms with van der Waals surface area (Å²) in [6.07, 6.45) is -4.10. The molecule has 0 radical (unpaired) electrons. The number of amides is 2. The fourth-order valence-corrected chi connectivity index (χ4v) is 4.73. The van der Waals surface area contributed by atoms with E-state index in [1.54, 1.807) is 0 Å². The highest BCUT2D eigenvalue weighted by atomic mass is 32.2. The van der Waals surface area contributed by atoms with E-state index < -0.39 is 41.1 Å². The number of allylic oxidation sites excluding steroid dienone is 2. The number of aliphatic carboxylic acids is 1. The zero-order valence-electron chi connectivity index (χ0n) is 15.5. The number of carbonyl (C=O) groups is 3. The lowest BCUT2D eigenvalue weighted by Gasteiger charge is -2.49. The maximum atomic E-state index is 12.6. The van der Waals surface area contributed by atoms with Gasteiger partial charge in [0.25, 0.3) is 11.8 Å². The average molecular weight is 477 g/mol. The molecule has 1 aromatic rings. The molecule has 4 N–H and O–H groups in total. The molecule has 1 aromatic heterocycles. The van der Waals surface area contributed by atoms with E-state index in [9.17, 15) is 32.7 Å². The summed E-state index contributed by atoms with van der Waals surface area (Å²) in [5, 5.41) is 16.3. The maximum Gasteiger partial charge on any atom is 0.409 e. The number of oxime groups is 1. The van der Waals surface area contributed by atoms with Crippen molar-refractivity contribution in [2.45, 2.75) is 17.6 Å². The standard InChI is InChI=1S/C16H14F3N5O5S2/c1-29-23-8(7-5-31-15(20)21-7)11(25)22-9-12(26)24-10(14(27)28)6(4-30-13(9)24)2-3-16(17,18)19/h2-3,5,9,13H,4H2,1H3,(H2,20,21)(H,22,25)(H,27,28)/b3-2+,23-8+/t9?,13-/m1/s1. The lowest BCUT2D eigenvalue weighted by Crippen LogP contribution is -2.71. The van der Waals surface area contributed by atoms with Crippen molar-refractivity contribution in [3.05, 3.63) is 34.5 Å². The topological polar surface area (TPSA) is 147 Å². The van der Waals surface area contributed by atoms with Gasteiger partial charge in [0, 0.05) is 17.2 Å². The number of thioether (sulfide) groups is 1. The second kappa shape index (κ2) is 8.58. The predicted octanol–water partition coefficient (Wildman–Crippen LogP) is 0.933. The Morgan fingerprint density at radius 3 is 2.74 bits per heavy atom. The fraction of sp³-hybridized carbons (Fsp3) is 0.312. The first kappa shape index (κ1) is 22.6. The molecule has 2 amide bonds. The highest BCUT2D eigenvalue weighted by Gasteiger charge is 2.54. The van der Waals surface area contributed by atoms with Crippen LogP contribution in [-0.2, 0) is 19.2 Å². The summed E-state index contributed by atoms with van der Waals surface area (Å²) in [4.78, 5) is 46.2. The Morgan fingerprint density at radius 2 is 2.19 bits per heavy atom. The van der Waals surface area contributed by atoms with Gasteiger partial charge in [-0.1, -0.05) is 11.2 Å². The zero-order valence-corrected chi connectivity index (χ0v) is 17.2.